The highest BCUT2D eigenvalue weighted by Gasteiger charge is 2.20. The zero-order chi connectivity index (χ0) is 12.0. The normalized spacial score (nSPS) is 18.9. The van der Waals surface area contributed by atoms with Crippen LogP contribution in [0.5, 0.6) is 0 Å². The maximum atomic E-state index is 12.0. The van der Waals surface area contributed by atoms with Gasteiger partial charge in [0.15, 0.2) is 0 Å². The van der Waals surface area contributed by atoms with Gasteiger partial charge in [-0.25, -0.2) is 0 Å². The molecule has 0 bridgehead atoms. The molecule has 1 aliphatic heterocycles. The van der Waals surface area contributed by atoms with Crippen molar-refractivity contribution in [1.82, 2.24) is 10.2 Å². The van der Waals surface area contributed by atoms with Gasteiger partial charge in [-0.05, 0) is 24.8 Å². The van der Waals surface area contributed by atoms with Gasteiger partial charge in [-0.2, -0.15) is 0 Å². The molecule has 3 N–H and O–H groups in total. The van der Waals surface area contributed by atoms with Gasteiger partial charge in [-0.3, -0.25) is 4.79 Å². The van der Waals surface area contributed by atoms with Crippen molar-refractivity contribution >= 4 is 5.91 Å². The smallest absolute Gasteiger partial charge is 0.222 e. The summed E-state index contributed by atoms with van der Waals surface area (Å²) in [5.74, 6) is 1.24. The number of nitrogens with two attached hydrogens (primary N) is 1. The average Bonchev–Trinajstić information content (AvgIpc) is 2.28. The number of rotatable bonds is 5. The summed E-state index contributed by atoms with van der Waals surface area (Å²) in [7, 11) is 0. The van der Waals surface area contributed by atoms with Gasteiger partial charge >= 0.3 is 0 Å². The molecule has 4 nitrogen and oxygen atoms in total. The van der Waals surface area contributed by atoms with Crippen molar-refractivity contribution in [3.05, 3.63) is 0 Å². The second-order valence-electron chi connectivity index (χ2n) is 5.07. The number of hydrogen-bond donors (Lipinski definition) is 2. The number of carbonyl (C=O) groups excluding carboxylic acids is 1. The van der Waals surface area contributed by atoms with E-state index >= 15 is 0 Å². The van der Waals surface area contributed by atoms with Gasteiger partial charge in [-0.1, -0.05) is 13.8 Å². The minimum atomic E-state index is 0.276. The SMILES string of the molecule is CC(C)C[C@H](CN)CC(=O)N1CCNCC1. The van der Waals surface area contributed by atoms with E-state index in [1.165, 1.54) is 0 Å². The minimum Gasteiger partial charge on any atom is -0.340 e. The molecule has 16 heavy (non-hydrogen) atoms. The van der Waals surface area contributed by atoms with Crippen molar-refractivity contribution < 1.29 is 4.79 Å². The molecule has 94 valence electrons. The molecule has 0 unspecified atom stereocenters. The van der Waals surface area contributed by atoms with Crippen LogP contribution in [0.25, 0.3) is 0 Å². The highest BCUT2D eigenvalue weighted by Crippen LogP contribution is 2.15. The summed E-state index contributed by atoms with van der Waals surface area (Å²) in [5.41, 5.74) is 5.72. The topological polar surface area (TPSA) is 58.4 Å². The highest BCUT2D eigenvalue weighted by atomic mass is 16.2. The largest absolute Gasteiger partial charge is 0.340 e. The third-order valence-corrected chi connectivity index (χ3v) is 3.07. The van der Waals surface area contributed by atoms with E-state index in [4.69, 9.17) is 5.73 Å². The van der Waals surface area contributed by atoms with Crippen LogP contribution >= 0.6 is 0 Å². The molecular formula is C12H25N3O. The fraction of sp³-hybridized carbons (Fsp3) is 0.917. The first-order valence-corrected chi connectivity index (χ1v) is 6.32. The number of piperazine rings is 1. The van der Waals surface area contributed by atoms with Gasteiger partial charge in [0.2, 0.25) is 5.91 Å². The van der Waals surface area contributed by atoms with E-state index in [0.29, 0.717) is 24.8 Å². The standard InChI is InChI=1S/C12H25N3O/c1-10(2)7-11(9-13)8-12(16)15-5-3-14-4-6-15/h10-11,14H,3-9,13H2,1-2H3/t11-/m0/s1. The molecule has 1 amide bonds. The summed E-state index contributed by atoms with van der Waals surface area (Å²) < 4.78 is 0. The summed E-state index contributed by atoms with van der Waals surface area (Å²) in [5, 5.41) is 3.25. The predicted molar refractivity (Wildman–Crippen MR) is 66.1 cm³/mol. The van der Waals surface area contributed by atoms with Gasteiger partial charge in [-0.15, -0.1) is 0 Å². The molecule has 1 rings (SSSR count). The van der Waals surface area contributed by atoms with E-state index in [0.717, 1.165) is 32.6 Å². The van der Waals surface area contributed by atoms with E-state index in [-0.39, 0.29) is 5.91 Å². The number of nitrogens with zero attached hydrogens (tertiary/aromatic N) is 1. The first kappa shape index (κ1) is 13.5. The van der Waals surface area contributed by atoms with Crippen LogP contribution < -0.4 is 11.1 Å². The van der Waals surface area contributed by atoms with Gasteiger partial charge in [0.25, 0.3) is 0 Å². The minimum absolute atomic E-state index is 0.276. The second-order valence-corrected chi connectivity index (χ2v) is 5.07. The summed E-state index contributed by atoms with van der Waals surface area (Å²) >= 11 is 0. The van der Waals surface area contributed by atoms with Crippen molar-refractivity contribution in [2.24, 2.45) is 17.6 Å². The van der Waals surface area contributed by atoms with Crippen molar-refractivity contribution in [3.8, 4) is 0 Å². The molecule has 1 heterocycles. The molecule has 1 fully saturated rings. The molecule has 0 spiro atoms. The Hall–Kier alpha value is -0.610. The molecule has 0 aliphatic carbocycles. The van der Waals surface area contributed by atoms with Crippen molar-refractivity contribution in [2.45, 2.75) is 26.7 Å². The lowest BCUT2D eigenvalue weighted by atomic mass is 9.93. The molecule has 0 saturated carbocycles. The summed E-state index contributed by atoms with van der Waals surface area (Å²) in [6.07, 6.45) is 1.67. The molecule has 0 aromatic heterocycles. The van der Waals surface area contributed by atoms with Gasteiger partial charge in [0.05, 0.1) is 0 Å². The van der Waals surface area contributed by atoms with E-state index in [2.05, 4.69) is 19.2 Å². The number of hydrogen-bond acceptors (Lipinski definition) is 3. The zero-order valence-corrected chi connectivity index (χ0v) is 10.5. The molecule has 0 aromatic carbocycles. The fourth-order valence-electron chi connectivity index (χ4n) is 2.22. The predicted octanol–water partition coefficient (Wildman–Crippen LogP) is 0.429. The van der Waals surface area contributed by atoms with E-state index in [9.17, 15) is 4.79 Å². The summed E-state index contributed by atoms with van der Waals surface area (Å²) in [4.78, 5) is 13.9. The van der Waals surface area contributed by atoms with Crippen molar-refractivity contribution in [3.63, 3.8) is 0 Å². The Balaban J connectivity index is 2.35. The van der Waals surface area contributed by atoms with Gasteiger partial charge in [0.1, 0.15) is 0 Å². The lowest BCUT2D eigenvalue weighted by molar-refractivity contribution is -0.132. The Labute approximate surface area is 98.6 Å². The Kier molecular flexibility index (Phi) is 5.77. The number of carbonyl (C=O) groups is 1. The van der Waals surface area contributed by atoms with Crippen LogP contribution in [0.3, 0.4) is 0 Å². The van der Waals surface area contributed by atoms with E-state index in [1.807, 2.05) is 4.90 Å². The summed E-state index contributed by atoms with van der Waals surface area (Å²) in [6.45, 7) is 8.51. The van der Waals surface area contributed by atoms with Crippen LogP contribution in [0.15, 0.2) is 0 Å². The molecular weight excluding hydrogens is 202 g/mol. The second kappa shape index (κ2) is 6.86. The lowest BCUT2D eigenvalue weighted by Crippen LogP contribution is -2.47. The fourth-order valence-corrected chi connectivity index (χ4v) is 2.22. The van der Waals surface area contributed by atoms with Crippen LogP contribution in [-0.2, 0) is 4.79 Å². The molecule has 4 heteroatoms. The Morgan fingerprint density at radius 1 is 1.38 bits per heavy atom. The van der Waals surface area contributed by atoms with E-state index < -0.39 is 0 Å². The maximum absolute atomic E-state index is 12.0. The van der Waals surface area contributed by atoms with Crippen LogP contribution in [-0.4, -0.2) is 43.5 Å². The van der Waals surface area contributed by atoms with Crippen molar-refractivity contribution in [2.75, 3.05) is 32.7 Å². The highest BCUT2D eigenvalue weighted by molar-refractivity contribution is 5.76. The van der Waals surface area contributed by atoms with Crippen molar-refractivity contribution in [1.29, 1.82) is 0 Å². The Bertz CT molecular complexity index is 212. The van der Waals surface area contributed by atoms with Gasteiger partial charge < -0.3 is 16.0 Å². The number of nitrogens with one attached hydrogen (secondary N) is 1. The Morgan fingerprint density at radius 3 is 2.50 bits per heavy atom. The third kappa shape index (κ3) is 4.49. The molecule has 1 saturated heterocycles. The third-order valence-electron chi connectivity index (χ3n) is 3.07. The molecule has 0 aromatic rings. The first-order valence-electron chi connectivity index (χ1n) is 6.32. The van der Waals surface area contributed by atoms with E-state index in [1.54, 1.807) is 0 Å². The van der Waals surface area contributed by atoms with Crippen LogP contribution in [0, 0.1) is 11.8 Å². The number of amides is 1. The average molecular weight is 227 g/mol. The van der Waals surface area contributed by atoms with Crippen LogP contribution in [0.1, 0.15) is 26.7 Å². The van der Waals surface area contributed by atoms with Crippen LogP contribution in [0.2, 0.25) is 0 Å². The summed E-state index contributed by atoms with van der Waals surface area (Å²) in [6, 6.07) is 0. The zero-order valence-electron chi connectivity index (χ0n) is 10.5. The van der Waals surface area contributed by atoms with Gasteiger partial charge in [0, 0.05) is 32.6 Å². The maximum Gasteiger partial charge on any atom is 0.222 e. The van der Waals surface area contributed by atoms with Crippen LogP contribution in [0.4, 0.5) is 0 Å². The molecule has 1 atom stereocenters. The molecule has 1 aliphatic rings. The Morgan fingerprint density at radius 2 is 2.00 bits per heavy atom. The quantitative estimate of drug-likeness (QED) is 0.716. The monoisotopic (exact) mass is 227 g/mol. The molecule has 0 radical (unpaired) electrons. The first-order chi connectivity index (χ1) is 7.63. The lowest BCUT2D eigenvalue weighted by Gasteiger charge is -2.29.